The topological polar surface area (TPSA) is 46.8 Å². The third kappa shape index (κ3) is 3.54. The van der Waals surface area contributed by atoms with E-state index in [4.69, 9.17) is 4.42 Å². The van der Waals surface area contributed by atoms with Crippen molar-refractivity contribution in [2.75, 3.05) is 6.54 Å². The molecule has 0 saturated heterocycles. The van der Waals surface area contributed by atoms with Gasteiger partial charge in [0.15, 0.2) is 0 Å². The Labute approximate surface area is 140 Å². The highest BCUT2D eigenvalue weighted by Crippen LogP contribution is 2.21. The quantitative estimate of drug-likeness (QED) is 0.579. The molecule has 4 heteroatoms. The van der Waals surface area contributed by atoms with Crippen LogP contribution in [0.4, 0.5) is 4.39 Å². The number of nitrogens with two attached hydrogens (primary N) is 1. The first-order chi connectivity index (χ1) is 11.5. The molecule has 0 aliphatic heterocycles. The molecule has 3 aromatic rings. The average molecular weight is 326 g/mol. The van der Waals surface area contributed by atoms with Gasteiger partial charge in [-0.1, -0.05) is 18.2 Å². The third-order valence-electron chi connectivity index (χ3n) is 4.38. The fraction of sp³-hybridized carbons (Fsp3) is 0.250. The zero-order valence-corrected chi connectivity index (χ0v) is 13.9. The van der Waals surface area contributed by atoms with E-state index in [0.717, 1.165) is 28.6 Å². The highest BCUT2D eigenvalue weighted by atomic mass is 19.1. The lowest BCUT2D eigenvalue weighted by molar-refractivity contribution is -0.670. The van der Waals surface area contributed by atoms with Crippen LogP contribution in [0.1, 0.15) is 22.3 Å². The summed E-state index contributed by atoms with van der Waals surface area (Å²) in [7, 11) is 0. The molecule has 1 heterocycles. The monoisotopic (exact) mass is 326 g/mol. The Morgan fingerprint density at radius 3 is 2.58 bits per heavy atom. The fourth-order valence-electron chi connectivity index (χ4n) is 2.87. The second-order valence-electron chi connectivity index (χ2n) is 6.15. The van der Waals surface area contributed by atoms with Crippen molar-refractivity contribution in [2.45, 2.75) is 26.8 Å². The van der Waals surface area contributed by atoms with Crippen LogP contribution in [0.3, 0.4) is 0 Å². The van der Waals surface area contributed by atoms with Crippen molar-refractivity contribution in [2.24, 2.45) is 0 Å². The lowest BCUT2D eigenvalue weighted by atomic mass is 10.0. The molecule has 0 spiro atoms. The van der Waals surface area contributed by atoms with E-state index in [1.165, 1.54) is 11.6 Å². The summed E-state index contributed by atoms with van der Waals surface area (Å²) in [5.41, 5.74) is 4.25. The summed E-state index contributed by atoms with van der Waals surface area (Å²) in [5.74, 6) is -0.164. The van der Waals surface area contributed by atoms with Crippen LogP contribution in [0.15, 0.2) is 51.7 Å². The van der Waals surface area contributed by atoms with E-state index >= 15 is 0 Å². The molecule has 0 aliphatic rings. The molecule has 0 saturated carbocycles. The molecule has 0 unspecified atom stereocenters. The molecule has 24 heavy (non-hydrogen) atoms. The number of hydrogen-bond acceptors (Lipinski definition) is 2. The number of quaternary nitrogens is 1. The first-order valence-corrected chi connectivity index (χ1v) is 8.13. The smallest absolute Gasteiger partial charge is 0.336 e. The Bertz CT molecular complexity index is 931. The summed E-state index contributed by atoms with van der Waals surface area (Å²) >= 11 is 0. The SMILES string of the molecule is Cc1cc2oc(=O)cc(C[NH2+]CCc3ccccc3F)c2cc1C. The molecule has 0 amide bonds. The molecule has 0 bridgehead atoms. The van der Waals surface area contributed by atoms with Gasteiger partial charge in [0.05, 0.1) is 6.54 Å². The molecular formula is C20H21FNO2+. The first kappa shape index (κ1) is 16.4. The van der Waals surface area contributed by atoms with E-state index in [-0.39, 0.29) is 11.4 Å². The maximum atomic E-state index is 13.6. The van der Waals surface area contributed by atoms with E-state index < -0.39 is 0 Å². The Morgan fingerprint density at radius 1 is 1.04 bits per heavy atom. The van der Waals surface area contributed by atoms with Crippen molar-refractivity contribution in [3.05, 3.63) is 81.0 Å². The van der Waals surface area contributed by atoms with Gasteiger partial charge in [-0.15, -0.1) is 0 Å². The van der Waals surface area contributed by atoms with Crippen LogP contribution in [0.5, 0.6) is 0 Å². The van der Waals surface area contributed by atoms with Crippen LogP contribution in [-0.4, -0.2) is 6.54 Å². The van der Waals surface area contributed by atoms with Crippen molar-refractivity contribution in [3.8, 4) is 0 Å². The Morgan fingerprint density at radius 2 is 1.79 bits per heavy atom. The molecule has 0 atom stereocenters. The van der Waals surface area contributed by atoms with Crippen molar-refractivity contribution in [1.29, 1.82) is 0 Å². The minimum Gasteiger partial charge on any atom is -0.423 e. The lowest BCUT2D eigenvalue weighted by Gasteiger charge is -2.08. The number of rotatable bonds is 5. The maximum Gasteiger partial charge on any atom is 0.336 e. The van der Waals surface area contributed by atoms with Gasteiger partial charge in [-0.05, 0) is 48.7 Å². The molecular weight excluding hydrogens is 305 g/mol. The number of hydrogen-bond donors (Lipinski definition) is 1. The molecule has 3 nitrogen and oxygen atoms in total. The van der Waals surface area contributed by atoms with Crippen LogP contribution in [0, 0.1) is 19.7 Å². The van der Waals surface area contributed by atoms with Crippen LogP contribution in [0.2, 0.25) is 0 Å². The van der Waals surface area contributed by atoms with E-state index in [0.29, 0.717) is 18.5 Å². The van der Waals surface area contributed by atoms with Gasteiger partial charge in [0.25, 0.3) is 0 Å². The Hall–Kier alpha value is -2.46. The number of aryl methyl sites for hydroxylation is 2. The minimum absolute atomic E-state index is 0.164. The molecule has 124 valence electrons. The summed E-state index contributed by atoms with van der Waals surface area (Å²) in [6.45, 7) is 5.47. The van der Waals surface area contributed by atoms with Crippen molar-refractivity contribution < 1.29 is 14.1 Å². The Balaban J connectivity index is 1.74. The summed E-state index contributed by atoms with van der Waals surface area (Å²) in [6.07, 6.45) is 0.657. The predicted molar refractivity (Wildman–Crippen MR) is 92.6 cm³/mol. The zero-order valence-electron chi connectivity index (χ0n) is 13.9. The van der Waals surface area contributed by atoms with Gasteiger partial charge in [0.2, 0.25) is 0 Å². The summed E-state index contributed by atoms with van der Waals surface area (Å²) in [6, 6.07) is 12.4. The molecule has 0 fully saturated rings. The number of fused-ring (bicyclic) bond motifs is 1. The van der Waals surface area contributed by atoms with E-state index in [2.05, 4.69) is 11.4 Å². The maximum absolute atomic E-state index is 13.6. The third-order valence-corrected chi connectivity index (χ3v) is 4.38. The second-order valence-corrected chi connectivity index (χ2v) is 6.15. The molecule has 2 N–H and O–H groups in total. The van der Waals surface area contributed by atoms with Gasteiger partial charge in [0, 0.05) is 23.4 Å². The molecule has 1 aromatic heterocycles. The van der Waals surface area contributed by atoms with Crippen LogP contribution in [-0.2, 0) is 13.0 Å². The lowest BCUT2D eigenvalue weighted by Crippen LogP contribution is -2.83. The van der Waals surface area contributed by atoms with E-state index in [1.807, 2.05) is 32.0 Å². The van der Waals surface area contributed by atoms with Gasteiger partial charge < -0.3 is 9.73 Å². The molecule has 0 aliphatic carbocycles. The second kappa shape index (κ2) is 6.97. The fourth-order valence-corrected chi connectivity index (χ4v) is 2.87. The summed E-state index contributed by atoms with van der Waals surface area (Å²) in [4.78, 5) is 11.8. The zero-order chi connectivity index (χ0) is 17.1. The largest absolute Gasteiger partial charge is 0.423 e. The Kier molecular flexibility index (Phi) is 4.76. The van der Waals surface area contributed by atoms with Crippen LogP contribution in [0.25, 0.3) is 11.0 Å². The number of benzene rings is 2. The molecule has 2 aromatic carbocycles. The van der Waals surface area contributed by atoms with Crippen molar-refractivity contribution >= 4 is 11.0 Å². The van der Waals surface area contributed by atoms with Crippen molar-refractivity contribution in [3.63, 3.8) is 0 Å². The van der Waals surface area contributed by atoms with E-state index in [1.54, 1.807) is 12.1 Å². The van der Waals surface area contributed by atoms with E-state index in [9.17, 15) is 9.18 Å². The highest BCUT2D eigenvalue weighted by molar-refractivity contribution is 5.81. The van der Waals surface area contributed by atoms with Gasteiger partial charge in [-0.2, -0.15) is 0 Å². The highest BCUT2D eigenvalue weighted by Gasteiger charge is 2.09. The number of halogens is 1. The van der Waals surface area contributed by atoms with Gasteiger partial charge in [-0.25, -0.2) is 9.18 Å². The van der Waals surface area contributed by atoms with Gasteiger partial charge >= 0.3 is 5.63 Å². The predicted octanol–water partition coefficient (Wildman–Crippen LogP) is 2.86. The van der Waals surface area contributed by atoms with Gasteiger partial charge in [0.1, 0.15) is 17.9 Å². The normalized spacial score (nSPS) is 11.1. The first-order valence-electron chi connectivity index (χ1n) is 8.13. The summed E-state index contributed by atoms with van der Waals surface area (Å²) < 4.78 is 18.9. The van der Waals surface area contributed by atoms with Gasteiger partial charge in [-0.3, -0.25) is 0 Å². The standard InChI is InChI=1S/C20H20FNO2/c1-13-9-17-16(11-20(23)24-19(17)10-14(13)2)12-22-8-7-15-5-3-4-6-18(15)21/h3-6,9-11,22H,7-8,12H2,1-2H3/p+1. The van der Waals surface area contributed by atoms with Crippen molar-refractivity contribution in [1.82, 2.24) is 0 Å². The minimum atomic E-state index is -0.330. The average Bonchev–Trinajstić information content (AvgIpc) is 2.54. The van der Waals surface area contributed by atoms with Crippen LogP contribution < -0.4 is 10.9 Å². The molecule has 3 rings (SSSR count). The van der Waals surface area contributed by atoms with Crippen LogP contribution >= 0.6 is 0 Å². The molecule has 0 radical (unpaired) electrons. The summed E-state index contributed by atoms with van der Waals surface area (Å²) in [5, 5.41) is 3.07.